The van der Waals surface area contributed by atoms with Gasteiger partial charge in [-0.1, -0.05) is 59.7 Å². The number of nitrogens with zero attached hydrogens (tertiary/aromatic N) is 1. The summed E-state index contributed by atoms with van der Waals surface area (Å²) in [5.41, 5.74) is -1.95. The molecule has 0 N–H and O–H groups in total. The number of para-hydroxylation sites is 1. The Morgan fingerprint density at radius 2 is 1.43 bits per heavy atom. The number of hydrogen-bond acceptors (Lipinski definition) is 5. The molecule has 0 saturated heterocycles. The SMILES string of the molecule is CC(C)(C)c1cc(-c2ccc3c(n2)oc2c(OS(=O)(=O)C(F)(F)F)cccc23)cc(C(C)(C)C)c1. The van der Waals surface area contributed by atoms with Crippen molar-refractivity contribution < 1.29 is 30.2 Å². The number of fused-ring (bicyclic) bond motifs is 3. The number of benzene rings is 2. The van der Waals surface area contributed by atoms with Gasteiger partial charge >= 0.3 is 15.6 Å². The highest BCUT2D eigenvalue weighted by molar-refractivity contribution is 7.88. The molecule has 0 unspecified atom stereocenters. The predicted octanol–water partition coefficient (Wildman–Crippen LogP) is 7.47. The average Bonchev–Trinajstić information content (AvgIpc) is 3.10. The Morgan fingerprint density at radius 3 is 1.97 bits per heavy atom. The van der Waals surface area contributed by atoms with Crippen molar-refractivity contribution in [2.75, 3.05) is 0 Å². The van der Waals surface area contributed by atoms with Crippen LogP contribution in [0.2, 0.25) is 0 Å². The van der Waals surface area contributed by atoms with Crippen LogP contribution in [0.4, 0.5) is 13.2 Å². The minimum Gasteiger partial charge on any atom is -0.434 e. The van der Waals surface area contributed by atoms with Gasteiger partial charge in [0.15, 0.2) is 11.3 Å². The van der Waals surface area contributed by atoms with Crippen LogP contribution in [0.15, 0.2) is 52.9 Å². The lowest BCUT2D eigenvalue weighted by atomic mass is 9.79. The third kappa shape index (κ3) is 4.74. The van der Waals surface area contributed by atoms with Crippen LogP contribution >= 0.6 is 0 Å². The first-order valence-corrected chi connectivity index (χ1v) is 12.4. The Balaban J connectivity index is 1.88. The second-order valence-electron chi connectivity index (χ2n) is 10.6. The fourth-order valence-electron chi connectivity index (χ4n) is 3.69. The molecule has 2 aromatic carbocycles. The van der Waals surface area contributed by atoms with Crippen LogP contribution in [0.5, 0.6) is 5.75 Å². The monoisotopic (exact) mass is 505 g/mol. The molecule has 0 fully saturated rings. The summed E-state index contributed by atoms with van der Waals surface area (Å²) in [6, 6.07) is 14.0. The fourth-order valence-corrected chi connectivity index (χ4v) is 4.15. The first-order valence-electron chi connectivity index (χ1n) is 11.0. The van der Waals surface area contributed by atoms with Gasteiger partial charge in [-0.2, -0.15) is 21.6 Å². The molecule has 9 heteroatoms. The highest BCUT2D eigenvalue weighted by Crippen LogP contribution is 2.38. The Bertz CT molecular complexity index is 1510. The second-order valence-corrected chi connectivity index (χ2v) is 12.1. The van der Waals surface area contributed by atoms with Gasteiger partial charge in [0, 0.05) is 16.3 Å². The van der Waals surface area contributed by atoms with Crippen molar-refractivity contribution in [3.05, 3.63) is 59.7 Å². The molecule has 4 rings (SSSR count). The number of alkyl halides is 3. The zero-order valence-electron chi connectivity index (χ0n) is 20.2. The van der Waals surface area contributed by atoms with Crippen LogP contribution in [-0.2, 0) is 20.9 Å². The number of furan rings is 1. The molecule has 186 valence electrons. The molecule has 0 aliphatic rings. The van der Waals surface area contributed by atoms with Crippen molar-refractivity contribution >= 4 is 32.2 Å². The maximum Gasteiger partial charge on any atom is 0.534 e. The first kappa shape index (κ1) is 25.0. The Hall–Kier alpha value is -3.07. The minimum atomic E-state index is -5.85. The lowest BCUT2D eigenvalue weighted by Crippen LogP contribution is -2.28. The van der Waals surface area contributed by atoms with E-state index >= 15 is 0 Å². The largest absolute Gasteiger partial charge is 0.534 e. The summed E-state index contributed by atoms with van der Waals surface area (Å²) in [4.78, 5) is 4.62. The number of rotatable bonds is 3. The van der Waals surface area contributed by atoms with E-state index in [0.717, 1.165) is 22.8 Å². The van der Waals surface area contributed by atoms with E-state index in [1.165, 1.54) is 6.07 Å². The summed E-state index contributed by atoms with van der Waals surface area (Å²) in [5.74, 6) is -0.552. The summed E-state index contributed by atoms with van der Waals surface area (Å²) < 4.78 is 71.7. The summed E-state index contributed by atoms with van der Waals surface area (Å²) in [6.07, 6.45) is 0. The van der Waals surface area contributed by atoms with Crippen LogP contribution in [0, 0.1) is 0 Å². The van der Waals surface area contributed by atoms with Gasteiger partial charge in [0.2, 0.25) is 5.71 Å². The Labute approximate surface area is 202 Å². The number of aromatic nitrogens is 1. The van der Waals surface area contributed by atoms with E-state index in [1.807, 2.05) is 6.07 Å². The van der Waals surface area contributed by atoms with E-state index in [0.29, 0.717) is 16.5 Å². The molecule has 35 heavy (non-hydrogen) atoms. The number of halogens is 3. The predicted molar refractivity (Wildman–Crippen MR) is 130 cm³/mol. The normalized spacial score (nSPS) is 13.5. The quantitative estimate of drug-likeness (QED) is 0.213. The molecule has 2 aromatic heterocycles. The van der Waals surface area contributed by atoms with E-state index in [-0.39, 0.29) is 22.1 Å². The summed E-state index contributed by atoms with van der Waals surface area (Å²) in [6.45, 7) is 12.8. The molecule has 0 bridgehead atoms. The van der Waals surface area contributed by atoms with Crippen molar-refractivity contribution in [2.24, 2.45) is 0 Å². The standard InChI is InChI=1S/C26H26F3NO4S/c1-24(2,3)16-12-15(13-17(14-16)25(4,5)6)20-11-10-19-18-8-7-9-21(22(18)33-23(19)30-20)34-35(31,32)26(27,28)29/h7-14H,1-6H3. The maximum atomic E-state index is 12.8. The zero-order chi connectivity index (χ0) is 26.0. The fraction of sp³-hybridized carbons (Fsp3) is 0.346. The summed E-state index contributed by atoms with van der Waals surface area (Å²) in [5, 5.41) is 0.925. The zero-order valence-corrected chi connectivity index (χ0v) is 21.1. The van der Waals surface area contributed by atoms with Crippen molar-refractivity contribution in [3.63, 3.8) is 0 Å². The van der Waals surface area contributed by atoms with Gasteiger partial charge in [-0.3, -0.25) is 0 Å². The minimum absolute atomic E-state index is 0.101. The van der Waals surface area contributed by atoms with E-state index in [2.05, 4.69) is 68.9 Å². The summed E-state index contributed by atoms with van der Waals surface area (Å²) in [7, 11) is -5.85. The van der Waals surface area contributed by atoms with Gasteiger partial charge < -0.3 is 8.60 Å². The molecule has 4 aromatic rings. The van der Waals surface area contributed by atoms with Gasteiger partial charge in [0.25, 0.3) is 0 Å². The highest BCUT2D eigenvalue weighted by atomic mass is 32.2. The lowest BCUT2D eigenvalue weighted by molar-refractivity contribution is -0.0499. The average molecular weight is 506 g/mol. The maximum absolute atomic E-state index is 12.8. The number of pyridine rings is 1. The molecule has 0 radical (unpaired) electrons. The van der Waals surface area contributed by atoms with Gasteiger partial charge in [-0.25, -0.2) is 4.98 Å². The smallest absolute Gasteiger partial charge is 0.434 e. The molecule has 2 heterocycles. The molecule has 0 aliphatic carbocycles. The third-order valence-electron chi connectivity index (χ3n) is 5.77. The van der Waals surface area contributed by atoms with Crippen LogP contribution in [-0.4, -0.2) is 18.9 Å². The van der Waals surface area contributed by atoms with E-state index < -0.39 is 21.4 Å². The molecule has 0 saturated carbocycles. The molecule has 0 aliphatic heterocycles. The molecule has 5 nitrogen and oxygen atoms in total. The van der Waals surface area contributed by atoms with Gasteiger partial charge in [-0.05, 0) is 52.3 Å². The van der Waals surface area contributed by atoms with E-state index in [4.69, 9.17) is 4.42 Å². The Kier molecular flexibility index (Phi) is 5.71. The second kappa shape index (κ2) is 7.98. The topological polar surface area (TPSA) is 69.4 Å². The van der Waals surface area contributed by atoms with Gasteiger partial charge in [0.1, 0.15) is 0 Å². The van der Waals surface area contributed by atoms with Crippen LogP contribution < -0.4 is 4.18 Å². The molecular weight excluding hydrogens is 479 g/mol. The van der Waals surface area contributed by atoms with Crippen molar-refractivity contribution in [2.45, 2.75) is 57.9 Å². The van der Waals surface area contributed by atoms with Crippen LogP contribution in [0.25, 0.3) is 33.3 Å². The van der Waals surface area contributed by atoms with Crippen LogP contribution in [0.1, 0.15) is 52.7 Å². The highest BCUT2D eigenvalue weighted by Gasteiger charge is 2.49. The number of hydrogen-bond donors (Lipinski definition) is 0. The van der Waals surface area contributed by atoms with Gasteiger partial charge in [-0.15, -0.1) is 0 Å². The first-order chi connectivity index (χ1) is 16.0. The molecular formula is C26H26F3NO4S. The van der Waals surface area contributed by atoms with Crippen LogP contribution in [0.3, 0.4) is 0 Å². The van der Waals surface area contributed by atoms with E-state index in [9.17, 15) is 21.6 Å². The van der Waals surface area contributed by atoms with Crippen molar-refractivity contribution in [3.8, 4) is 17.0 Å². The van der Waals surface area contributed by atoms with E-state index in [1.54, 1.807) is 12.1 Å². The lowest BCUT2D eigenvalue weighted by Gasteiger charge is -2.26. The summed E-state index contributed by atoms with van der Waals surface area (Å²) >= 11 is 0. The molecule has 0 spiro atoms. The molecule has 0 atom stereocenters. The van der Waals surface area contributed by atoms with Crippen molar-refractivity contribution in [1.29, 1.82) is 0 Å². The molecule has 0 amide bonds. The Morgan fingerprint density at radius 1 is 0.829 bits per heavy atom. The van der Waals surface area contributed by atoms with Gasteiger partial charge in [0.05, 0.1) is 5.69 Å². The van der Waals surface area contributed by atoms with Crippen molar-refractivity contribution in [1.82, 2.24) is 4.98 Å². The third-order valence-corrected chi connectivity index (χ3v) is 6.74.